The number of aryl methyl sites for hydroxylation is 1. The maximum absolute atomic E-state index is 5.18. The number of benzene rings is 6. The van der Waals surface area contributed by atoms with Crippen LogP contribution in [0.5, 0.6) is 0 Å². The number of hydrogen-bond donors (Lipinski definition) is 0. The molecule has 236 valence electrons. The van der Waals surface area contributed by atoms with Crippen LogP contribution in [-0.4, -0.2) is 14.1 Å². The van der Waals surface area contributed by atoms with Gasteiger partial charge in [0.15, 0.2) is 0 Å². The summed E-state index contributed by atoms with van der Waals surface area (Å²) in [5.41, 5.74) is 15.4. The lowest BCUT2D eigenvalue weighted by Crippen LogP contribution is -2.05. The highest BCUT2D eigenvalue weighted by Crippen LogP contribution is 2.40. The van der Waals surface area contributed by atoms with E-state index < -0.39 is 0 Å². The predicted molar refractivity (Wildman–Crippen MR) is 209 cm³/mol. The molecule has 3 heteroatoms. The second kappa shape index (κ2) is 11.6. The molecule has 0 radical (unpaired) electrons. The van der Waals surface area contributed by atoms with E-state index in [0.29, 0.717) is 0 Å². The minimum atomic E-state index is 0.965. The van der Waals surface area contributed by atoms with Crippen LogP contribution in [-0.2, 0) is 6.42 Å². The standard InChI is InChI=1S/C47H33N3/c1-3-14-32(15-4-1)42-30-37(31-43(48-42)33-16-5-2-6-17-33)50-46-25-12-9-22-40(46)41-27-26-35(29-47(41)50)34-18-13-19-36(28-34)49-44-23-10-7-20-38(44)39-21-8-11-24-45(39)49/h1-25,28-31H,26-27H2. The van der Waals surface area contributed by atoms with E-state index in [0.717, 1.165) is 41.0 Å². The summed E-state index contributed by atoms with van der Waals surface area (Å²) in [6.45, 7) is 0. The van der Waals surface area contributed by atoms with Crippen molar-refractivity contribution in [3.63, 3.8) is 0 Å². The zero-order chi connectivity index (χ0) is 33.0. The summed E-state index contributed by atoms with van der Waals surface area (Å²) < 4.78 is 4.87. The van der Waals surface area contributed by atoms with Gasteiger partial charge in [0.2, 0.25) is 0 Å². The molecule has 0 amide bonds. The summed E-state index contributed by atoms with van der Waals surface area (Å²) in [5.74, 6) is 0. The Kier molecular flexibility index (Phi) is 6.63. The Balaban J connectivity index is 1.17. The molecule has 0 aliphatic heterocycles. The van der Waals surface area contributed by atoms with Crippen LogP contribution in [0, 0.1) is 0 Å². The van der Waals surface area contributed by atoms with Crippen molar-refractivity contribution in [2.24, 2.45) is 0 Å². The Morgan fingerprint density at radius 3 is 1.54 bits per heavy atom. The Morgan fingerprint density at radius 1 is 0.400 bits per heavy atom. The molecule has 0 unspecified atom stereocenters. The number of fused-ring (bicyclic) bond motifs is 6. The maximum Gasteiger partial charge on any atom is 0.0730 e. The van der Waals surface area contributed by atoms with Gasteiger partial charge in [0, 0.05) is 33.0 Å². The van der Waals surface area contributed by atoms with E-state index in [4.69, 9.17) is 4.98 Å². The largest absolute Gasteiger partial charge is 0.309 e. The van der Waals surface area contributed by atoms with Crippen molar-refractivity contribution in [1.29, 1.82) is 0 Å². The molecule has 1 aliphatic rings. The SMILES string of the molecule is C1=C(c2cccc(-n3c4ccccc4c4ccccc43)c2)CCc2c1n(-c1cc(-c3ccccc3)nc(-c3ccccc3)c1)c1ccccc21. The molecule has 9 aromatic rings. The summed E-state index contributed by atoms with van der Waals surface area (Å²) in [4.78, 5) is 5.18. The molecule has 1 aliphatic carbocycles. The molecule has 3 nitrogen and oxygen atoms in total. The Labute approximate surface area is 291 Å². The summed E-state index contributed by atoms with van der Waals surface area (Å²) in [6.07, 6.45) is 4.41. The lowest BCUT2D eigenvalue weighted by molar-refractivity contribution is 0.979. The fourth-order valence-corrected chi connectivity index (χ4v) is 7.95. The van der Waals surface area contributed by atoms with E-state index in [2.05, 4.69) is 185 Å². The van der Waals surface area contributed by atoms with Crippen molar-refractivity contribution in [2.45, 2.75) is 12.8 Å². The number of nitrogens with zero attached hydrogens (tertiary/aromatic N) is 3. The van der Waals surface area contributed by atoms with Crippen LogP contribution < -0.4 is 0 Å². The Morgan fingerprint density at radius 2 is 0.920 bits per heavy atom. The van der Waals surface area contributed by atoms with Gasteiger partial charge < -0.3 is 9.13 Å². The number of aromatic nitrogens is 3. The minimum absolute atomic E-state index is 0.965. The number of hydrogen-bond acceptors (Lipinski definition) is 1. The molecule has 50 heavy (non-hydrogen) atoms. The summed E-state index contributed by atoms with van der Waals surface area (Å²) >= 11 is 0. The molecule has 0 bridgehead atoms. The average molecular weight is 640 g/mol. The zero-order valence-corrected chi connectivity index (χ0v) is 27.5. The zero-order valence-electron chi connectivity index (χ0n) is 27.5. The average Bonchev–Trinajstić information content (AvgIpc) is 3.71. The first kappa shape index (κ1) is 28.6. The number of rotatable bonds is 5. The third-order valence-electron chi connectivity index (χ3n) is 10.2. The van der Waals surface area contributed by atoms with E-state index in [1.807, 2.05) is 0 Å². The minimum Gasteiger partial charge on any atom is -0.309 e. The van der Waals surface area contributed by atoms with Gasteiger partial charge in [-0.15, -0.1) is 0 Å². The second-order valence-electron chi connectivity index (χ2n) is 13.1. The maximum atomic E-state index is 5.18. The van der Waals surface area contributed by atoms with Gasteiger partial charge in [0.05, 0.1) is 39.3 Å². The molecule has 0 atom stereocenters. The molecule has 0 N–H and O–H groups in total. The quantitative estimate of drug-likeness (QED) is 0.184. The first-order valence-corrected chi connectivity index (χ1v) is 17.4. The first-order chi connectivity index (χ1) is 24.8. The molecular formula is C47H33N3. The van der Waals surface area contributed by atoms with Crippen molar-refractivity contribution in [1.82, 2.24) is 14.1 Å². The van der Waals surface area contributed by atoms with Crippen molar-refractivity contribution in [3.8, 4) is 33.9 Å². The lowest BCUT2D eigenvalue weighted by atomic mass is 9.90. The van der Waals surface area contributed by atoms with Crippen molar-refractivity contribution in [2.75, 3.05) is 0 Å². The molecule has 0 spiro atoms. The smallest absolute Gasteiger partial charge is 0.0730 e. The normalized spacial score (nSPS) is 12.8. The fraction of sp³-hybridized carbons (Fsp3) is 0.0426. The van der Waals surface area contributed by atoms with Crippen molar-refractivity contribution >= 4 is 44.4 Å². The highest BCUT2D eigenvalue weighted by atomic mass is 15.0. The highest BCUT2D eigenvalue weighted by molar-refractivity contribution is 6.09. The molecule has 6 aromatic carbocycles. The lowest BCUT2D eigenvalue weighted by Gasteiger charge is -2.19. The monoisotopic (exact) mass is 639 g/mol. The predicted octanol–water partition coefficient (Wildman–Crippen LogP) is 11.9. The fourth-order valence-electron chi connectivity index (χ4n) is 7.95. The third kappa shape index (κ3) is 4.62. The van der Waals surface area contributed by atoms with Crippen molar-refractivity contribution in [3.05, 3.63) is 187 Å². The van der Waals surface area contributed by atoms with Gasteiger partial charge in [-0.1, -0.05) is 127 Å². The van der Waals surface area contributed by atoms with Crippen LogP contribution in [0.1, 0.15) is 23.2 Å². The molecule has 0 fully saturated rings. The molecule has 0 saturated carbocycles. The van der Waals surface area contributed by atoms with Crippen LogP contribution in [0.4, 0.5) is 0 Å². The van der Waals surface area contributed by atoms with E-state index >= 15 is 0 Å². The van der Waals surface area contributed by atoms with Gasteiger partial charge in [-0.3, -0.25) is 0 Å². The van der Waals surface area contributed by atoms with Gasteiger partial charge in [-0.2, -0.15) is 0 Å². The number of para-hydroxylation sites is 3. The van der Waals surface area contributed by atoms with Crippen LogP contribution >= 0.6 is 0 Å². The number of pyridine rings is 1. The van der Waals surface area contributed by atoms with Crippen LogP contribution in [0.3, 0.4) is 0 Å². The molecular weight excluding hydrogens is 607 g/mol. The summed E-state index contributed by atoms with van der Waals surface area (Å²) in [5, 5.41) is 3.87. The Bertz CT molecular complexity index is 2640. The van der Waals surface area contributed by atoms with E-state index in [1.165, 1.54) is 60.8 Å². The van der Waals surface area contributed by atoms with Gasteiger partial charge in [0.25, 0.3) is 0 Å². The molecule has 3 heterocycles. The first-order valence-electron chi connectivity index (χ1n) is 17.4. The van der Waals surface area contributed by atoms with Crippen LogP contribution in [0.15, 0.2) is 170 Å². The van der Waals surface area contributed by atoms with Crippen molar-refractivity contribution < 1.29 is 0 Å². The van der Waals surface area contributed by atoms with Gasteiger partial charge >= 0.3 is 0 Å². The summed E-state index contributed by atoms with van der Waals surface area (Å²) in [6, 6.07) is 60.9. The third-order valence-corrected chi connectivity index (χ3v) is 10.2. The van der Waals surface area contributed by atoms with Gasteiger partial charge in [-0.05, 0) is 78.1 Å². The van der Waals surface area contributed by atoms with Gasteiger partial charge in [0.1, 0.15) is 0 Å². The highest BCUT2D eigenvalue weighted by Gasteiger charge is 2.23. The Hall–Kier alpha value is -6.45. The number of allylic oxidation sites excluding steroid dienone is 1. The van der Waals surface area contributed by atoms with Crippen LogP contribution in [0.25, 0.3) is 78.2 Å². The van der Waals surface area contributed by atoms with Gasteiger partial charge in [-0.25, -0.2) is 4.98 Å². The van der Waals surface area contributed by atoms with E-state index in [9.17, 15) is 0 Å². The molecule has 0 saturated heterocycles. The summed E-state index contributed by atoms with van der Waals surface area (Å²) in [7, 11) is 0. The van der Waals surface area contributed by atoms with E-state index in [-0.39, 0.29) is 0 Å². The molecule has 10 rings (SSSR count). The second-order valence-corrected chi connectivity index (χ2v) is 13.1. The van der Waals surface area contributed by atoms with E-state index in [1.54, 1.807) is 0 Å². The van der Waals surface area contributed by atoms with Crippen LogP contribution in [0.2, 0.25) is 0 Å². The molecule has 3 aromatic heterocycles. The topological polar surface area (TPSA) is 22.8 Å².